The van der Waals surface area contributed by atoms with Crippen molar-refractivity contribution >= 4 is 39.7 Å². The van der Waals surface area contributed by atoms with E-state index in [-0.39, 0.29) is 11.7 Å². The molecular weight excluding hydrogens is 341 g/mol. The largest absolute Gasteiger partial charge is 0.339 e. The Kier molecular flexibility index (Phi) is 4.29. The van der Waals surface area contributed by atoms with Gasteiger partial charge < -0.3 is 9.88 Å². The Balaban J connectivity index is 1.52. The minimum Gasteiger partial charge on any atom is -0.339 e. The number of rotatable bonds is 3. The number of nitrogens with zero attached hydrogens (tertiary/aromatic N) is 4. The van der Waals surface area contributed by atoms with E-state index in [0.717, 1.165) is 24.9 Å². The maximum absolute atomic E-state index is 13.4. The number of piperidine rings is 1. The maximum atomic E-state index is 13.4. The molecule has 3 aromatic rings. The first kappa shape index (κ1) is 16.3. The molecule has 0 saturated carbocycles. The number of likely N-dealkylation sites (tertiary alicyclic amines) is 1. The molecule has 0 aliphatic carbocycles. The summed E-state index contributed by atoms with van der Waals surface area (Å²) in [6.07, 6.45) is 3.31. The molecule has 25 heavy (non-hydrogen) atoms. The minimum absolute atomic E-state index is 0.111. The highest BCUT2D eigenvalue weighted by atomic mass is 32.2. The molecule has 1 fully saturated rings. The van der Waals surface area contributed by atoms with Gasteiger partial charge in [0, 0.05) is 23.5 Å². The number of nitrogens with one attached hydrogen (secondary N) is 1. The summed E-state index contributed by atoms with van der Waals surface area (Å²) in [5, 5.41) is 9.34. The predicted molar refractivity (Wildman–Crippen MR) is 94.9 cm³/mol. The summed E-state index contributed by atoms with van der Waals surface area (Å²) in [5.74, 6) is 0.0846. The van der Waals surface area contributed by atoms with Gasteiger partial charge in [-0.2, -0.15) is 0 Å². The van der Waals surface area contributed by atoms with Gasteiger partial charge in [0.05, 0.1) is 5.75 Å². The van der Waals surface area contributed by atoms with Crippen LogP contribution in [0.1, 0.15) is 26.2 Å². The average molecular weight is 359 g/mol. The lowest BCUT2D eigenvalue weighted by molar-refractivity contribution is -0.131. The molecular formula is C17H18FN5OS. The summed E-state index contributed by atoms with van der Waals surface area (Å²) in [5.41, 5.74) is 1.85. The fraction of sp³-hybridized carbons (Fsp3) is 0.412. The van der Waals surface area contributed by atoms with Crippen LogP contribution in [0.15, 0.2) is 23.4 Å². The Bertz CT molecular complexity index is 943. The first-order valence-electron chi connectivity index (χ1n) is 8.36. The molecule has 4 rings (SSSR count). The number of aromatic nitrogens is 4. The zero-order valence-corrected chi connectivity index (χ0v) is 14.6. The fourth-order valence-corrected chi connectivity index (χ4v) is 3.94. The van der Waals surface area contributed by atoms with Crippen molar-refractivity contribution < 1.29 is 9.18 Å². The second-order valence-corrected chi connectivity index (χ2v) is 7.27. The third kappa shape index (κ3) is 3.18. The molecule has 8 heteroatoms. The van der Waals surface area contributed by atoms with Crippen LogP contribution < -0.4 is 0 Å². The number of amides is 1. The summed E-state index contributed by atoms with van der Waals surface area (Å²) in [4.78, 5) is 21.9. The van der Waals surface area contributed by atoms with Gasteiger partial charge in [-0.15, -0.1) is 10.2 Å². The van der Waals surface area contributed by atoms with E-state index in [4.69, 9.17) is 0 Å². The molecule has 1 aromatic carbocycles. The number of halogens is 1. The predicted octanol–water partition coefficient (Wildman–Crippen LogP) is 3.14. The zero-order chi connectivity index (χ0) is 17.4. The van der Waals surface area contributed by atoms with E-state index < -0.39 is 0 Å². The summed E-state index contributed by atoms with van der Waals surface area (Å²) in [6, 6.07) is 4.76. The Morgan fingerprint density at radius 2 is 2.28 bits per heavy atom. The third-order valence-electron chi connectivity index (χ3n) is 4.61. The Labute approximate surface area is 148 Å². The Morgan fingerprint density at radius 1 is 1.40 bits per heavy atom. The molecule has 3 heterocycles. The summed E-state index contributed by atoms with van der Waals surface area (Å²) in [7, 11) is 0. The quantitative estimate of drug-likeness (QED) is 0.727. The number of carbonyl (C=O) groups is 1. The van der Waals surface area contributed by atoms with Crippen molar-refractivity contribution in [1.82, 2.24) is 25.1 Å². The van der Waals surface area contributed by atoms with Crippen molar-refractivity contribution in [3.63, 3.8) is 0 Å². The van der Waals surface area contributed by atoms with Gasteiger partial charge in [-0.05, 0) is 44.4 Å². The van der Waals surface area contributed by atoms with E-state index in [1.165, 1.54) is 30.3 Å². The second-order valence-electron chi connectivity index (χ2n) is 6.33. The van der Waals surface area contributed by atoms with Gasteiger partial charge in [-0.25, -0.2) is 9.37 Å². The Morgan fingerprint density at radius 3 is 3.12 bits per heavy atom. The molecule has 0 spiro atoms. The van der Waals surface area contributed by atoms with Gasteiger partial charge in [-0.3, -0.25) is 4.79 Å². The monoisotopic (exact) mass is 359 g/mol. The van der Waals surface area contributed by atoms with E-state index in [2.05, 4.69) is 27.1 Å². The lowest BCUT2D eigenvalue weighted by Crippen LogP contribution is -2.42. The van der Waals surface area contributed by atoms with Crippen molar-refractivity contribution in [2.45, 2.75) is 37.4 Å². The fourth-order valence-electron chi connectivity index (χ4n) is 3.27. The molecule has 1 amide bonds. The van der Waals surface area contributed by atoms with E-state index in [1.807, 2.05) is 4.90 Å². The highest BCUT2D eigenvalue weighted by Gasteiger charge is 2.23. The molecule has 130 valence electrons. The van der Waals surface area contributed by atoms with Gasteiger partial charge >= 0.3 is 0 Å². The molecule has 1 atom stereocenters. The lowest BCUT2D eigenvalue weighted by Gasteiger charge is -2.33. The first-order chi connectivity index (χ1) is 12.1. The van der Waals surface area contributed by atoms with Crippen LogP contribution in [0.3, 0.4) is 0 Å². The van der Waals surface area contributed by atoms with Crippen LogP contribution in [0.25, 0.3) is 22.1 Å². The Hall–Kier alpha value is -2.22. The molecule has 1 N–H and O–H groups in total. The van der Waals surface area contributed by atoms with Gasteiger partial charge in [0.25, 0.3) is 0 Å². The smallest absolute Gasteiger partial charge is 0.233 e. The molecule has 2 aromatic heterocycles. The van der Waals surface area contributed by atoms with Crippen LogP contribution in [-0.2, 0) is 4.79 Å². The summed E-state index contributed by atoms with van der Waals surface area (Å²) in [6.45, 7) is 2.92. The molecule has 0 bridgehead atoms. The van der Waals surface area contributed by atoms with Gasteiger partial charge in [0.1, 0.15) is 11.3 Å². The molecule has 0 unspecified atom stereocenters. The molecule has 0 radical (unpaired) electrons. The van der Waals surface area contributed by atoms with Crippen molar-refractivity contribution in [1.29, 1.82) is 0 Å². The lowest BCUT2D eigenvalue weighted by atomic mass is 10.0. The number of carbonyl (C=O) groups excluding carboxylic acids is 1. The van der Waals surface area contributed by atoms with Crippen LogP contribution in [0, 0.1) is 5.82 Å². The number of hydrogen-bond donors (Lipinski definition) is 1. The van der Waals surface area contributed by atoms with Gasteiger partial charge in [0.2, 0.25) is 11.1 Å². The topological polar surface area (TPSA) is 74.8 Å². The van der Waals surface area contributed by atoms with Gasteiger partial charge in [-0.1, -0.05) is 11.8 Å². The number of hydrogen-bond acceptors (Lipinski definition) is 5. The SMILES string of the molecule is C[C@@H]1CCCCN1C(=O)CSc1nnc2c(n1)[nH]c1ccc(F)cc12. The van der Waals surface area contributed by atoms with Crippen LogP contribution in [0.5, 0.6) is 0 Å². The highest BCUT2D eigenvalue weighted by Crippen LogP contribution is 2.25. The maximum Gasteiger partial charge on any atom is 0.233 e. The van der Waals surface area contributed by atoms with E-state index >= 15 is 0 Å². The van der Waals surface area contributed by atoms with Crippen LogP contribution in [0.2, 0.25) is 0 Å². The van der Waals surface area contributed by atoms with Crippen LogP contribution in [-0.4, -0.2) is 49.3 Å². The highest BCUT2D eigenvalue weighted by molar-refractivity contribution is 7.99. The van der Waals surface area contributed by atoms with Crippen molar-refractivity contribution in [2.24, 2.45) is 0 Å². The third-order valence-corrected chi connectivity index (χ3v) is 5.43. The normalized spacial score (nSPS) is 18.2. The standard InChI is InChI=1S/C17H18FN5OS/c1-10-4-2-3-7-23(10)14(24)9-25-17-20-16-15(21-22-17)12-8-11(18)5-6-13(12)19-16/h5-6,8,10H,2-4,7,9H2,1H3,(H,19,20,22)/t10-/m1/s1. The van der Waals surface area contributed by atoms with Crippen molar-refractivity contribution in [3.8, 4) is 0 Å². The van der Waals surface area contributed by atoms with Crippen molar-refractivity contribution in [2.75, 3.05) is 12.3 Å². The van der Waals surface area contributed by atoms with E-state index in [0.29, 0.717) is 33.5 Å². The first-order valence-corrected chi connectivity index (χ1v) is 9.34. The van der Waals surface area contributed by atoms with Crippen LogP contribution >= 0.6 is 11.8 Å². The number of benzene rings is 1. The summed E-state index contributed by atoms with van der Waals surface area (Å²) >= 11 is 1.28. The van der Waals surface area contributed by atoms with Crippen molar-refractivity contribution in [3.05, 3.63) is 24.0 Å². The molecule has 1 aliphatic heterocycles. The average Bonchev–Trinajstić information content (AvgIpc) is 2.97. The number of thioether (sulfide) groups is 1. The second kappa shape index (κ2) is 6.59. The molecule has 1 saturated heterocycles. The summed E-state index contributed by atoms with van der Waals surface area (Å²) < 4.78 is 13.4. The number of aromatic amines is 1. The van der Waals surface area contributed by atoms with E-state index in [1.54, 1.807) is 6.07 Å². The van der Waals surface area contributed by atoms with Crippen LogP contribution in [0.4, 0.5) is 4.39 Å². The van der Waals surface area contributed by atoms with E-state index in [9.17, 15) is 9.18 Å². The number of fused-ring (bicyclic) bond motifs is 3. The zero-order valence-electron chi connectivity index (χ0n) is 13.8. The molecule has 6 nitrogen and oxygen atoms in total. The van der Waals surface area contributed by atoms with Gasteiger partial charge in [0.15, 0.2) is 5.65 Å². The number of H-pyrrole nitrogens is 1. The molecule has 1 aliphatic rings. The minimum atomic E-state index is -0.324.